The SMILES string of the molecule is CC(C)CCOc1nc(CNC(C)C)co1. The lowest BCUT2D eigenvalue weighted by molar-refractivity contribution is 0.216. The highest BCUT2D eigenvalue weighted by Gasteiger charge is 2.05. The van der Waals surface area contributed by atoms with E-state index in [1.54, 1.807) is 6.26 Å². The van der Waals surface area contributed by atoms with Crippen molar-refractivity contribution in [3.8, 4) is 6.08 Å². The average Bonchev–Trinajstić information content (AvgIpc) is 2.62. The van der Waals surface area contributed by atoms with Crippen molar-refractivity contribution < 1.29 is 9.15 Å². The molecule has 0 aromatic carbocycles. The quantitative estimate of drug-likeness (QED) is 0.776. The maximum Gasteiger partial charge on any atom is 0.393 e. The van der Waals surface area contributed by atoms with E-state index in [1.807, 2.05) is 0 Å². The van der Waals surface area contributed by atoms with Gasteiger partial charge in [0.2, 0.25) is 0 Å². The third-order valence-corrected chi connectivity index (χ3v) is 2.14. The molecule has 16 heavy (non-hydrogen) atoms. The molecule has 4 heteroatoms. The van der Waals surface area contributed by atoms with Crippen LogP contribution in [0, 0.1) is 5.92 Å². The van der Waals surface area contributed by atoms with Gasteiger partial charge in [0.05, 0.1) is 12.3 Å². The topological polar surface area (TPSA) is 47.3 Å². The number of nitrogens with one attached hydrogen (secondary N) is 1. The first kappa shape index (κ1) is 13.0. The minimum atomic E-state index is 0.376. The van der Waals surface area contributed by atoms with E-state index in [-0.39, 0.29) is 0 Å². The van der Waals surface area contributed by atoms with Crippen LogP contribution < -0.4 is 10.1 Å². The second kappa shape index (κ2) is 6.53. The Labute approximate surface area is 97.4 Å². The van der Waals surface area contributed by atoms with Crippen LogP contribution in [0.3, 0.4) is 0 Å². The zero-order valence-electron chi connectivity index (χ0n) is 10.6. The molecule has 0 radical (unpaired) electrons. The third-order valence-electron chi connectivity index (χ3n) is 2.14. The largest absolute Gasteiger partial charge is 0.450 e. The number of oxazole rings is 1. The van der Waals surface area contributed by atoms with Gasteiger partial charge in [0.15, 0.2) is 0 Å². The highest BCUT2D eigenvalue weighted by Crippen LogP contribution is 2.11. The lowest BCUT2D eigenvalue weighted by atomic mass is 10.1. The van der Waals surface area contributed by atoms with Crippen molar-refractivity contribution in [2.24, 2.45) is 5.92 Å². The minimum Gasteiger partial charge on any atom is -0.450 e. The molecule has 0 aliphatic heterocycles. The molecule has 0 unspecified atom stereocenters. The van der Waals surface area contributed by atoms with Crippen LogP contribution in [0.5, 0.6) is 6.08 Å². The standard InChI is InChI=1S/C12H22N2O2/c1-9(2)5-6-15-12-14-11(8-16-12)7-13-10(3)4/h8-10,13H,5-7H2,1-4H3. The van der Waals surface area contributed by atoms with Gasteiger partial charge in [-0.3, -0.25) is 0 Å². The number of ether oxygens (including phenoxy) is 1. The Morgan fingerprint density at radius 2 is 2.12 bits per heavy atom. The van der Waals surface area contributed by atoms with Crippen LogP contribution in [0.15, 0.2) is 10.7 Å². The van der Waals surface area contributed by atoms with Gasteiger partial charge in [0, 0.05) is 12.6 Å². The summed E-state index contributed by atoms with van der Waals surface area (Å²) in [5, 5.41) is 3.27. The summed E-state index contributed by atoms with van der Waals surface area (Å²) in [5.41, 5.74) is 0.883. The van der Waals surface area contributed by atoms with E-state index in [4.69, 9.17) is 9.15 Å². The monoisotopic (exact) mass is 226 g/mol. The second-order valence-electron chi connectivity index (χ2n) is 4.67. The summed E-state index contributed by atoms with van der Waals surface area (Å²) in [6, 6.07) is 0.446. The summed E-state index contributed by atoms with van der Waals surface area (Å²) in [7, 11) is 0. The summed E-state index contributed by atoms with van der Waals surface area (Å²) in [4.78, 5) is 4.23. The normalized spacial score (nSPS) is 11.4. The molecule has 1 heterocycles. The maximum absolute atomic E-state index is 5.40. The Morgan fingerprint density at radius 3 is 2.75 bits per heavy atom. The highest BCUT2D eigenvalue weighted by atomic mass is 16.6. The highest BCUT2D eigenvalue weighted by molar-refractivity contribution is 4.99. The average molecular weight is 226 g/mol. The van der Waals surface area contributed by atoms with Gasteiger partial charge in [-0.05, 0) is 12.3 Å². The third kappa shape index (κ3) is 5.16. The van der Waals surface area contributed by atoms with Crippen LogP contribution in [-0.2, 0) is 6.54 Å². The molecule has 0 amide bonds. The lowest BCUT2D eigenvalue weighted by Crippen LogP contribution is -2.21. The number of aromatic nitrogens is 1. The molecule has 1 rings (SSSR count). The Morgan fingerprint density at radius 1 is 1.38 bits per heavy atom. The second-order valence-corrected chi connectivity index (χ2v) is 4.67. The van der Waals surface area contributed by atoms with E-state index >= 15 is 0 Å². The molecule has 4 nitrogen and oxygen atoms in total. The van der Waals surface area contributed by atoms with Gasteiger partial charge in [0.25, 0.3) is 0 Å². The fourth-order valence-electron chi connectivity index (χ4n) is 1.13. The Hall–Kier alpha value is -1.03. The molecule has 0 aliphatic rings. The molecule has 0 atom stereocenters. The first-order chi connectivity index (χ1) is 7.58. The smallest absolute Gasteiger partial charge is 0.393 e. The number of hydrogen-bond acceptors (Lipinski definition) is 4. The first-order valence-corrected chi connectivity index (χ1v) is 5.88. The van der Waals surface area contributed by atoms with Crippen LogP contribution in [0.1, 0.15) is 39.8 Å². The number of nitrogens with zero attached hydrogens (tertiary/aromatic N) is 1. The summed E-state index contributed by atoms with van der Waals surface area (Å²) < 4.78 is 10.6. The van der Waals surface area contributed by atoms with E-state index in [0.717, 1.165) is 12.1 Å². The molecule has 0 saturated carbocycles. The minimum absolute atomic E-state index is 0.376. The van der Waals surface area contributed by atoms with Gasteiger partial charge in [-0.25, -0.2) is 0 Å². The summed E-state index contributed by atoms with van der Waals surface area (Å²) in [6.45, 7) is 9.90. The molecule has 0 spiro atoms. The maximum atomic E-state index is 5.40. The van der Waals surface area contributed by atoms with Gasteiger partial charge in [-0.15, -0.1) is 0 Å². The van der Waals surface area contributed by atoms with Gasteiger partial charge < -0.3 is 14.5 Å². The van der Waals surface area contributed by atoms with Crippen molar-refractivity contribution in [2.75, 3.05) is 6.61 Å². The summed E-state index contributed by atoms with van der Waals surface area (Å²) >= 11 is 0. The van der Waals surface area contributed by atoms with Crippen molar-refractivity contribution in [3.05, 3.63) is 12.0 Å². The van der Waals surface area contributed by atoms with E-state index < -0.39 is 0 Å². The van der Waals surface area contributed by atoms with Crippen LogP contribution in [0.2, 0.25) is 0 Å². The number of rotatable bonds is 7. The van der Waals surface area contributed by atoms with Gasteiger partial charge in [-0.1, -0.05) is 27.7 Å². The Bertz CT molecular complexity index is 295. The molecule has 1 aromatic rings. The zero-order chi connectivity index (χ0) is 12.0. The molecular weight excluding hydrogens is 204 g/mol. The van der Waals surface area contributed by atoms with E-state index in [0.29, 0.717) is 31.2 Å². The van der Waals surface area contributed by atoms with Crippen molar-refractivity contribution in [1.82, 2.24) is 10.3 Å². The summed E-state index contributed by atoms with van der Waals surface area (Å²) in [6.07, 6.45) is 3.03. The predicted octanol–water partition coefficient (Wildman–Crippen LogP) is 2.60. The summed E-state index contributed by atoms with van der Waals surface area (Å²) in [5.74, 6) is 0.636. The van der Waals surface area contributed by atoms with Crippen molar-refractivity contribution in [1.29, 1.82) is 0 Å². The van der Waals surface area contributed by atoms with Crippen LogP contribution >= 0.6 is 0 Å². The van der Waals surface area contributed by atoms with Gasteiger partial charge in [-0.2, -0.15) is 4.98 Å². The van der Waals surface area contributed by atoms with Crippen molar-refractivity contribution >= 4 is 0 Å². The molecule has 0 fully saturated rings. The Kier molecular flexibility index (Phi) is 5.32. The molecule has 1 aromatic heterocycles. The van der Waals surface area contributed by atoms with Crippen LogP contribution in [0.4, 0.5) is 0 Å². The van der Waals surface area contributed by atoms with E-state index in [1.165, 1.54) is 0 Å². The fraction of sp³-hybridized carbons (Fsp3) is 0.750. The molecule has 0 bridgehead atoms. The molecule has 0 aliphatic carbocycles. The van der Waals surface area contributed by atoms with Crippen molar-refractivity contribution in [2.45, 2.75) is 46.7 Å². The molecule has 92 valence electrons. The van der Waals surface area contributed by atoms with E-state index in [9.17, 15) is 0 Å². The molecular formula is C12H22N2O2. The van der Waals surface area contributed by atoms with Crippen molar-refractivity contribution in [3.63, 3.8) is 0 Å². The molecule has 1 N–H and O–H groups in total. The van der Waals surface area contributed by atoms with Gasteiger partial charge >= 0.3 is 6.08 Å². The predicted molar refractivity (Wildman–Crippen MR) is 63.4 cm³/mol. The fourth-order valence-corrected chi connectivity index (χ4v) is 1.13. The van der Waals surface area contributed by atoms with Crippen LogP contribution in [-0.4, -0.2) is 17.6 Å². The Balaban J connectivity index is 2.28. The van der Waals surface area contributed by atoms with Gasteiger partial charge in [0.1, 0.15) is 6.26 Å². The first-order valence-electron chi connectivity index (χ1n) is 5.88. The lowest BCUT2D eigenvalue weighted by Gasteiger charge is -2.04. The van der Waals surface area contributed by atoms with Crippen LogP contribution in [0.25, 0.3) is 0 Å². The zero-order valence-corrected chi connectivity index (χ0v) is 10.6. The number of hydrogen-bond donors (Lipinski definition) is 1. The molecule has 0 saturated heterocycles. The van der Waals surface area contributed by atoms with E-state index in [2.05, 4.69) is 38.0 Å².